The zero-order chi connectivity index (χ0) is 26.9. The topological polar surface area (TPSA) is 46.6 Å². The summed E-state index contributed by atoms with van der Waals surface area (Å²) in [6.45, 7) is 6.10. The number of thioether (sulfide) groups is 2. The molecule has 0 fully saturated rings. The van der Waals surface area contributed by atoms with Gasteiger partial charge in [-0.25, -0.2) is 4.79 Å². The van der Waals surface area contributed by atoms with Crippen LogP contribution in [0.5, 0.6) is 0 Å². The van der Waals surface area contributed by atoms with Crippen molar-refractivity contribution in [2.24, 2.45) is 0 Å². The zero-order valence-electron chi connectivity index (χ0n) is 21.4. The lowest BCUT2D eigenvalue weighted by molar-refractivity contribution is -0.137. The summed E-state index contributed by atoms with van der Waals surface area (Å²) in [7, 11) is 0. The van der Waals surface area contributed by atoms with Gasteiger partial charge in [-0.2, -0.15) is 0 Å². The van der Waals surface area contributed by atoms with Crippen LogP contribution < -0.4 is 4.90 Å². The molecule has 0 spiro atoms. The van der Waals surface area contributed by atoms with Gasteiger partial charge in [-0.05, 0) is 38.0 Å². The maximum Gasteiger partial charge on any atom is 0.346 e. The van der Waals surface area contributed by atoms with Crippen LogP contribution in [0.2, 0.25) is 0 Å². The average Bonchev–Trinajstić information content (AvgIpc) is 3.36. The van der Waals surface area contributed by atoms with Gasteiger partial charge >= 0.3 is 5.97 Å². The van der Waals surface area contributed by atoms with Crippen LogP contribution in [0.15, 0.2) is 94.1 Å². The fraction of sp³-hybridized carbons (Fsp3) is 0.194. The van der Waals surface area contributed by atoms with E-state index in [9.17, 15) is 9.59 Å². The van der Waals surface area contributed by atoms with Crippen LogP contribution in [-0.2, 0) is 20.7 Å². The number of esters is 1. The predicted octanol–water partition coefficient (Wildman–Crippen LogP) is 7.50. The molecule has 0 atom stereocenters. The Morgan fingerprint density at radius 2 is 1.53 bits per heavy atom. The third-order valence-corrected chi connectivity index (χ3v) is 9.83. The Hall–Kier alpha value is -3.13. The van der Waals surface area contributed by atoms with Gasteiger partial charge < -0.3 is 9.64 Å². The molecule has 0 aromatic heterocycles. The largest absolute Gasteiger partial charge is 0.462 e. The van der Waals surface area contributed by atoms with E-state index in [1.165, 1.54) is 11.8 Å². The number of carbonyl (C=O) groups excluding carboxylic acids is 2. The minimum absolute atomic E-state index is 0.0120. The van der Waals surface area contributed by atoms with E-state index in [2.05, 4.69) is 0 Å². The van der Waals surface area contributed by atoms with E-state index in [1.54, 1.807) is 11.8 Å². The zero-order valence-corrected chi connectivity index (χ0v) is 23.8. The van der Waals surface area contributed by atoms with Crippen LogP contribution in [0.3, 0.4) is 0 Å². The van der Waals surface area contributed by atoms with Crippen molar-refractivity contribution in [2.45, 2.75) is 32.7 Å². The third-order valence-electron chi connectivity index (χ3n) is 6.50. The molecule has 7 heteroatoms. The van der Waals surface area contributed by atoms with Crippen molar-refractivity contribution in [3.8, 4) is 0 Å². The number of hydrogen-bond acceptors (Lipinski definition) is 6. The molecule has 0 saturated heterocycles. The average molecular weight is 558 g/mol. The second kappa shape index (κ2) is 10.9. The van der Waals surface area contributed by atoms with Crippen molar-refractivity contribution in [3.63, 3.8) is 0 Å². The van der Waals surface area contributed by atoms with Crippen LogP contribution in [0.1, 0.15) is 37.5 Å². The second-order valence-corrected chi connectivity index (χ2v) is 12.1. The van der Waals surface area contributed by atoms with E-state index in [1.807, 2.05) is 111 Å². The molecule has 0 bridgehead atoms. The van der Waals surface area contributed by atoms with Crippen LogP contribution in [0.25, 0.3) is 10.5 Å². The summed E-state index contributed by atoms with van der Waals surface area (Å²) < 4.78 is 6.34. The van der Waals surface area contributed by atoms with Gasteiger partial charge in [-0.1, -0.05) is 115 Å². The van der Waals surface area contributed by atoms with Gasteiger partial charge in [0, 0.05) is 16.0 Å². The van der Waals surface area contributed by atoms with Crippen LogP contribution in [0, 0.1) is 0 Å². The fourth-order valence-electron chi connectivity index (χ4n) is 4.72. The Kier molecular flexibility index (Phi) is 7.61. The number of thiocarbonyl (C=S) groups is 1. The number of benzene rings is 3. The minimum Gasteiger partial charge on any atom is -0.462 e. The van der Waals surface area contributed by atoms with Crippen molar-refractivity contribution in [1.29, 1.82) is 0 Å². The van der Waals surface area contributed by atoms with E-state index in [0.29, 0.717) is 16.4 Å². The second-order valence-electron chi connectivity index (χ2n) is 9.41. The van der Waals surface area contributed by atoms with Crippen LogP contribution >= 0.6 is 35.7 Å². The van der Waals surface area contributed by atoms with Gasteiger partial charge in [0.1, 0.15) is 4.91 Å². The SMILES string of the molecule is CCOC(=O)C1=C(c2ccccc2)S/C(=C2\C(=S)C(C)(C)N(C(=O)Cc3ccccc3)c3ccccc32)S1. The molecular formula is C31H27NO3S3. The highest BCUT2D eigenvalue weighted by molar-refractivity contribution is 8.32. The molecule has 0 saturated carbocycles. The number of anilines is 1. The maximum atomic E-state index is 13.7. The smallest absolute Gasteiger partial charge is 0.346 e. The summed E-state index contributed by atoms with van der Waals surface area (Å²) in [5.74, 6) is -0.351. The molecule has 192 valence electrons. The van der Waals surface area contributed by atoms with Gasteiger partial charge in [0.25, 0.3) is 0 Å². The van der Waals surface area contributed by atoms with Crippen LogP contribution in [-0.4, -0.2) is 28.9 Å². The number of nitrogens with zero attached hydrogens (tertiary/aromatic N) is 1. The molecule has 0 N–H and O–H groups in total. The van der Waals surface area contributed by atoms with Crippen molar-refractivity contribution in [2.75, 3.05) is 11.5 Å². The lowest BCUT2D eigenvalue weighted by Crippen LogP contribution is -2.56. The van der Waals surface area contributed by atoms with E-state index in [-0.39, 0.29) is 18.3 Å². The molecule has 5 rings (SSSR count). The molecule has 2 aliphatic rings. The molecule has 3 aromatic rings. The number of hydrogen-bond donors (Lipinski definition) is 0. The van der Waals surface area contributed by atoms with Crippen LogP contribution in [0.4, 0.5) is 5.69 Å². The molecular weight excluding hydrogens is 531 g/mol. The molecule has 38 heavy (non-hydrogen) atoms. The number of para-hydroxylation sites is 1. The number of amides is 1. The number of rotatable bonds is 5. The Morgan fingerprint density at radius 1 is 0.895 bits per heavy atom. The first-order valence-electron chi connectivity index (χ1n) is 12.4. The first-order valence-corrected chi connectivity index (χ1v) is 14.4. The Balaban J connectivity index is 1.61. The Bertz CT molecular complexity index is 1480. The summed E-state index contributed by atoms with van der Waals surface area (Å²) in [4.78, 5) is 30.7. The summed E-state index contributed by atoms with van der Waals surface area (Å²) in [6.07, 6.45) is 0.281. The predicted molar refractivity (Wildman–Crippen MR) is 163 cm³/mol. The monoisotopic (exact) mass is 557 g/mol. The highest BCUT2D eigenvalue weighted by Gasteiger charge is 2.45. The molecule has 0 radical (unpaired) electrons. The van der Waals surface area contributed by atoms with Gasteiger partial charge in [-0.3, -0.25) is 4.79 Å². The maximum absolute atomic E-state index is 13.7. The minimum atomic E-state index is -0.751. The highest BCUT2D eigenvalue weighted by Crippen LogP contribution is 2.58. The first-order chi connectivity index (χ1) is 18.3. The standard InChI is InChI=1S/C31H27NO3S3/c1-4-35-29(34)27-26(21-15-9-6-10-16-21)37-30(38-27)25-22-17-11-12-18-23(22)32(31(2,3)28(25)36)24(33)19-20-13-7-5-8-14-20/h5-18H,4,19H2,1-3H3/b30-25+. The van der Waals surface area contributed by atoms with Crippen molar-refractivity contribution in [3.05, 3.63) is 111 Å². The highest BCUT2D eigenvalue weighted by atomic mass is 32.2. The quantitative estimate of drug-likeness (QED) is 0.184. The number of ether oxygens (including phenoxy) is 1. The van der Waals surface area contributed by atoms with E-state index < -0.39 is 5.54 Å². The lowest BCUT2D eigenvalue weighted by Gasteiger charge is -2.45. The normalized spacial score (nSPS) is 18.4. The Labute approximate surface area is 237 Å². The van der Waals surface area contributed by atoms with E-state index in [4.69, 9.17) is 17.0 Å². The number of carbonyl (C=O) groups is 2. The molecule has 2 aliphatic heterocycles. The lowest BCUT2D eigenvalue weighted by atomic mass is 9.83. The fourth-order valence-corrected chi connectivity index (χ4v) is 7.85. The summed E-state index contributed by atoms with van der Waals surface area (Å²) >= 11 is 9.08. The molecule has 0 aliphatic carbocycles. The van der Waals surface area contributed by atoms with Gasteiger partial charge in [-0.15, -0.1) is 0 Å². The summed E-state index contributed by atoms with van der Waals surface area (Å²) in [6, 6.07) is 27.5. The Morgan fingerprint density at radius 3 is 2.21 bits per heavy atom. The molecule has 0 unspecified atom stereocenters. The van der Waals surface area contributed by atoms with Gasteiger partial charge in [0.15, 0.2) is 0 Å². The molecule has 3 aromatic carbocycles. The summed E-state index contributed by atoms with van der Waals surface area (Å²) in [5.41, 5.74) is 3.77. The van der Waals surface area contributed by atoms with Gasteiger partial charge in [0.2, 0.25) is 5.91 Å². The van der Waals surface area contributed by atoms with E-state index in [0.717, 1.165) is 37.1 Å². The third kappa shape index (κ3) is 4.86. The molecule has 2 heterocycles. The first kappa shape index (κ1) is 26.5. The van der Waals surface area contributed by atoms with Crippen molar-refractivity contribution < 1.29 is 14.3 Å². The molecule has 4 nitrogen and oxygen atoms in total. The summed E-state index contributed by atoms with van der Waals surface area (Å²) in [5, 5.41) is 0. The van der Waals surface area contributed by atoms with E-state index >= 15 is 0 Å². The van der Waals surface area contributed by atoms with Crippen molar-refractivity contribution >= 4 is 68.6 Å². The molecule has 1 amide bonds. The number of fused-ring (bicyclic) bond motifs is 1. The van der Waals surface area contributed by atoms with Gasteiger partial charge in [0.05, 0.1) is 33.4 Å². The van der Waals surface area contributed by atoms with Crippen molar-refractivity contribution in [1.82, 2.24) is 0 Å².